The third-order valence-corrected chi connectivity index (χ3v) is 3.38. The summed E-state index contributed by atoms with van der Waals surface area (Å²) in [6, 6.07) is 6.81. The minimum absolute atomic E-state index is 0.155. The molecule has 0 aromatic heterocycles. The van der Waals surface area contributed by atoms with E-state index in [1.54, 1.807) is 11.9 Å². The van der Waals surface area contributed by atoms with Crippen LogP contribution < -0.4 is 4.72 Å². The van der Waals surface area contributed by atoms with E-state index in [2.05, 4.69) is 4.72 Å². The van der Waals surface area contributed by atoms with Crippen LogP contribution in [-0.2, 0) is 0 Å². The molecule has 1 unspecified atom stereocenters. The summed E-state index contributed by atoms with van der Waals surface area (Å²) in [7, 11) is 0. The van der Waals surface area contributed by atoms with E-state index in [4.69, 9.17) is 0 Å². The summed E-state index contributed by atoms with van der Waals surface area (Å²) in [6.07, 6.45) is 2.39. The lowest BCUT2D eigenvalue weighted by Gasteiger charge is -2.21. The molecular formula is C10H12FNS. The number of benzene rings is 1. The maximum absolute atomic E-state index is 12.6. The lowest BCUT2D eigenvalue weighted by Crippen LogP contribution is -2.15. The molecule has 0 bridgehead atoms. The quantitative estimate of drug-likeness (QED) is 0.695. The molecule has 0 spiro atoms. The maximum Gasteiger partial charge on any atom is 0.123 e. The van der Waals surface area contributed by atoms with E-state index in [0.29, 0.717) is 5.25 Å². The first-order valence-electron chi connectivity index (χ1n) is 4.50. The lowest BCUT2D eigenvalue weighted by atomic mass is 10.1. The Morgan fingerprint density at radius 2 is 2.08 bits per heavy atom. The Balaban J connectivity index is 2.10. The van der Waals surface area contributed by atoms with Crippen LogP contribution in [0.25, 0.3) is 0 Å². The molecule has 0 aliphatic carbocycles. The molecule has 1 nitrogen and oxygen atoms in total. The van der Waals surface area contributed by atoms with Gasteiger partial charge in [0, 0.05) is 11.8 Å². The predicted molar refractivity (Wildman–Crippen MR) is 54.0 cm³/mol. The van der Waals surface area contributed by atoms with Crippen LogP contribution in [0.1, 0.15) is 23.7 Å². The molecule has 0 saturated carbocycles. The molecule has 1 heterocycles. The fourth-order valence-electron chi connectivity index (χ4n) is 1.49. The molecule has 0 amide bonds. The van der Waals surface area contributed by atoms with E-state index < -0.39 is 0 Å². The standard InChI is InChI=1S/C10H12FNS/c11-9-5-3-8(4-6-9)10-2-1-7-12-13-10/h3-6,10,12H,1-2,7H2. The maximum atomic E-state index is 12.6. The van der Waals surface area contributed by atoms with Gasteiger partial charge in [-0.25, -0.2) is 4.39 Å². The monoisotopic (exact) mass is 197 g/mol. The Labute approximate surface area is 81.9 Å². The van der Waals surface area contributed by atoms with Crippen molar-refractivity contribution in [2.24, 2.45) is 0 Å². The van der Waals surface area contributed by atoms with Crippen LogP contribution in [0.4, 0.5) is 4.39 Å². The highest BCUT2D eigenvalue weighted by Gasteiger charge is 2.15. The van der Waals surface area contributed by atoms with Gasteiger partial charge in [0.2, 0.25) is 0 Å². The van der Waals surface area contributed by atoms with Gasteiger partial charge in [-0.2, -0.15) is 0 Å². The van der Waals surface area contributed by atoms with Crippen molar-refractivity contribution in [3.05, 3.63) is 35.6 Å². The topological polar surface area (TPSA) is 12.0 Å². The van der Waals surface area contributed by atoms with Crippen molar-refractivity contribution in [2.75, 3.05) is 6.54 Å². The van der Waals surface area contributed by atoms with Gasteiger partial charge in [0.15, 0.2) is 0 Å². The van der Waals surface area contributed by atoms with Gasteiger partial charge in [-0.3, -0.25) is 4.72 Å². The second kappa shape index (κ2) is 4.11. The summed E-state index contributed by atoms with van der Waals surface area (Å²) in [4.78, 5) is 0. The SMILES string of the molecule is Fc1ccc(C2CCCNS2)cc1. The second-order valence-electron chi connectivity index (χ2n) is 3.19. The first-order valence-corrected chi connectivity index (χ1v) is 5.38. The van der Waals surface area contributed by atoms with Gasteiger partial charge in [0.25, 0.3) is 0 Å². The van der Waals surface area contributed by atoms with E-state index in [-0.39, 0.29) is 5.82 Å². The zero-order chi connectivity index (χ0) is 9.10. The van der Waals surface area contributed by atoms with Gasteiger partial charge >= 0.3 is 0 Å². The number of hydrogen-bond acceptors (Lipinski definition) is 2. The van der Waals surface area contributed by atoms with Crippen LogP contribution in [0.2, 0.25) is 0 Å². The van der Waals surface area contributed by atoms with E-state index in [1.165, 1.54) is 30.5 Å². The normalized spacial score (nSPS) is 23.0. The van der Waals surface area contributed by atoms with E-state index in [0.717, 1.165) is 6.54 Å². The number of rotatable bonds is 1. The van der Waals surface area contributed by atoms with Crippen molar-refractivity contribution in [2.45, 2.75) is 18.1 Å². The summed E-state index contributed by atoms with van der Waals surface area (Å²) in [5.74, 6) is -0.155. The van der Waals surface area contributed by atoms with E-state index in [9.17, 15) is 4.39 Å². The Bertz CT molecular complexity index is 267. The summed E-state index contributed by atoms with van der Waals surface area (Å²) in [5.41, 5.74) is 1.22. The van der Waals surface area contributed by atoms with Gasteiger partial charge in [-0.15, -0.1) is 0 Å². The highest BCUT2D eigenvalue weighted by atomic mass is 32.2. The molecule has 1 atom stereocenters. The second-order valence-corrected chi connectivity index (χ2v) is 4.29. The van der Waals surface area contributed by atoms with Crippen molar-refractivity contribution in [1.82, 2.24) is 4.72 Å². The Morgan fingerprint density at radius 1 is 1.31 bits per heavy atom. The Morgan fingerprint density at radius 3 is 2.69 bits per heavy atom. The fourth-order valence-corrected chi connectivity index (χ4v) is 2.53. The van der Waals surface area contributed by atoms with Crippen molar-refractivity contribution in [3.8, 4) is 0 Å². The molecule has 1 aliphatic rings. The van der Waals surface area contributed by atoms with Crippen LogP contribution in [0, 0.1) is 5.82 Å². The summed E-state index contributed by atoms with van der Waals surface area (Å²) >= 11 is 1.75. The zero-order valence-electron chi connectivity index (χ0n) is 7.29. The van der Waals surface area contributed by atoms with Crippen molar-refractivity contribution in [3.63, 3.8) is 0 Å². The molecule has 1 fully saturated rings. The van der Waals surface area contributed by atoms with E-state index in [1.807, 2.05) is 12.1 Å². The van der Waals surface area contributed by atoms with Crippen LogP contribution >= 0.6 is 11.9 Å². The Kier molecular flexibility index (Phi) is 2.86. The van der Waals surface area contributed by atoms with Gasteiger partial charge in [-0.1, -0.05) is 24.1 Å². The number of nitrogens with one attached hydrogen (secondary N) is 1. The van der Waals surface area contributed by atoms with Crippen molar-refractivity contribution in [1.29, 1.82) is 0 Å². The van der Waals surface area contributed by atoms with Crippen LogP contribution in [0.3, 0.4) is 0 Å². The van der Waals surface area contributed by atoms with Gasteiger partial charge in [-0.05, 0) is 30.5 Å². The minimum Gasteiger partial charge on any atom is -0.264 e. The fraction of sp³-hybridized carbons (Fsp3) is 0.400. The number of hydrogen-bond donors (Lipinski definition) is 1. The highest BCUT2D eigenvalue weighted by molar-refractivity contribution is 7.97. The molecule has 3 heteroatoms. The molecule has 2 rings (SSSR count). The smallest absolute Gasteiger partial charge is 0.123 e. The first-order chi connectivity index (χ1) is 6.36. The van der Waals surface area contributed by atoms with Crippen molar-refractivity contribution < 1.29 is 4.39 Å². The lowest BCUT2D eigenvalue weighted by molar-refractivity contribution is 0.625. The largest absolute Gasteiger partial charge is 0.264 e. The minimum atomic E-state index is -0.155. The third kappa shape index (κ3) is 2.23. The average molecular weight is 197 g/mol. The molecule has 1 N–H and O–H groups in total. The van der Waals surface area contributed by atoms with Gasteiger partial charge in [0.1, 0.15) is 5.82 Å². The van der Waals surface area contributed by atoms with Gasteiger partial charge in [0.05, 0.1) is 0 Å². The molecular weight excluding hydrogens is 185 g/mol. The van der Waals surface area contributed by atoms with Crippen LogP contribution in [0.5, 0.6) is 0 Å². The number of halogens is 1. The average Bonchev–Trinajstić information content (AvgIpc) is 2.20. The van der Waals surface area contributed by atoms with Crippen molar-refractivity contribution >= 4 is 11.9 Å². The molecule has 1 aromatic rings. The Hall–Kier alpha value is -0.540. The third-order valence-electron chi connectivity index (χ3n) is 2.21. The molecule has 0 radical (unpaired) electrons. The van der Waals surface area contributed by atoms with Crippen LogP contribution in [0.15, 0.2) is 24.3 Å². The summed E-state index contributed by atoms with van der Waals surface area (Å²) in [5, 5.41) is 0.495. The summed E-state index contributed by atoms with van der Waals surface area (Å²) in [6.45, 7) is 1.09. The molecule has 1 saturated heterocycles. The van der Waals surface area contributed by atoms with Crippen LogP contribution in [-0.4, -0.2) is 6.54 Å². The summed E-state index contributed by atoms with van der Waals surface area (Å²) < 4.78 is 15.9. The van der Waals surface area contributed by atoms with Gasteiger partial charge < -0.3 is 0 Å². The molecule has 1 aromatic carbocycles. The molecule has 13 heavy (non-hydrogen) atoms. The molecule has 1 aliphatic heterocycles. The first kappa shape index (κ1) is 9.03. The predicted octanol–water partition coefficient (Wildman–Crippen LogP) is 2.90. The highest BCUT2D eigenvalue weighted by Crippen LogP contribution is 2.33. The zero-order valence-corrected chi connectivity index (χ0v) is 8.11. The molecule has 70 valence electrons. The van der Waals surface area contributed by atoms with E-state index >= 15 is 0 Å².